The number of hydrogen-bond acceptors (Lipinski definition) is 1. The predicted molar refractivity (Wildman–Crippen MR) is 94.1 cm³/mol. The van der Waals surface area contributed by atoms with Crippen molar-refractivity contribution in [2.75, 3.05) is 0 Å². The summed E-state index contributed by atoms with van der Waals surface area (Å²) >= 11 is 0. The average Bonchev–Trinajstić information content (AvgIpc) is 2.56. The molecule has 1 heteroatoms. The van der Waals surface area contributed by atoms with Gasteiger partial charge in [0.1, 0.15) is 0 Å². The molecule has 0 bridgehead atoms. The molecule has 0 aliphatic heterocycles. The summed E-state index contributed by atoms with van der Waals surface area (Å²) in [6.07, 6.45) is 0. The van der Waals surface area contributed by atoms with Gasteiger partial charge >= 0.3 is 0 Å². The predicted octanol–water partition coefficient (Wildman–Crippen LogP) is 5.47. The second-order valence-corrected chi connectivity index (χ2v) is 5.53. The van der Waals surface area contributed by atoms with Crippen LogP contribution in [0.15, 0.2) is 83.9 Å². The van der Waals surface area contributed by atoms with E-state index in [1.165, 1.54) is 11.1 Å². The lowest BCUT2D eigenvalue weighted by Crippen LogP contribution is -2.02. The quantitative estimate of drug-likeness (QED) is 0.566. The maximum absolute atomic E-state index is 4.89. The Morgan fingerprint density at radius 2 is 1.09 bits per heavy atom. The van der Waals surface area contributed by atoms with E-state index in [1.807, 2.05) is 18.2 Å². The molecule has 1 nitrogen and oxygen atoms in total. The van der Waals surface area contributed by atoms with Gasteiger partial charge < -0.3 is 0 Å². The third-order valence-corrected chi connectivity index (χ3v) is 3.65. The second-order valence-electron chi connectivity index (χ2n) is 5.53. The summed E-state index contributed by atoms with van der Waals surface area (Å²) in [6.45, 7) is 4.19. The highest BCUT2D eigenvalue weighted by atomic mass is 14.7. The van der Waals surface area contributed by atoms with E-state index in [2.05, 4.69) is 74.5 Å². The Morgan fingerprint density at radius 3 is 1.68 bits per heavy atom. The van der Waals surface area contributed by atoms with Crippen LogP contribution in [0.4, 0.5) is 5.69 Å². The van der Waals surface area contributed by atoms with Gasteiger partial charge in [-0.25, -0.2) is 4.99 Å². The molecule has 3 aromatic carbocycles. The van der Waals surface area contributed by atoms with Gasteiger partial charge in [0, 0.05) is 11.1 Å². The van der Waals surface area contributed by atoms with E-state index >= 15 is 0 Å². The molecule has 0 unspecified atom stereocenters. The van der Waals surface area contributed by atoms with Crippen LogP contribution in [-0.4, -0.2) is 5.71 Å². The van der Waals surface area contributed by atoms with Crippen molar-refractivity contribution in [2.45, 2.75) is 13.8 Å². The molecule has 0 fully saturated rings. The molecule has 108 valence electrons. The van der Waals surface area contributed by atoms with E-state index in [9.17, 15) is 0 Å². The molecule has 3 aromatic rings. The molecule has 0 amide bonds. The summed E-state index contributed by atoms with van der Waals surface area (Å²) in [4.78, 5) is 4.89. The summed E-state index contributed by atoms with van der Waals surface area (Å²) in [5.41, 5.74) is 6.75. The molecule has 3 rings (SSSR count). The topological polar surface area (TPSA) is 12.4 Å². The van der Waals surface area contributed by atoms with Crippen LogP contribution in [0.3, 0.4) is 0 Å². The Labute approximate surface area is 132 Å². The normalized spacial score (nSPS) is 11.5. The van der Waals surface area contributed by atoms with Crippen molar-refractivity contribution in [3.63, 3.8) is 0 Å². The summed E-state index contributed by atoms with van der Waals surface area (Å²) in [5, 5.41) is 0. The van der Waals surface area contributed by atoms with Gasteiger partial charge in [0.15, 0.2) is 0 Å². The van der Waals surface area contributed by atoms with E-state index in [0.29, 0.717) is 0 Å². The van der Waals surface area contributed by atoms with Gasteiger partial charge in [-0.05, 0) is 26.0 Å². The van der Waals surface area contributed by atoms with Crippen molar-refractivity contribution >= 4 is 11.4 Å². The number of hydrogen-bond donors (Lipinski definition) is 0. The van der Waals surface area contributed by atoms with Gasteiger partial charge in [-0.3, -0.25) is 0 Å². The largest absolute Gasteiger partial charge is 0.248 e. The number of nitrogens with zero attached hydrogens (tertiary/aromatic N) is 1. The highest BCUT2D eigenvalue weighted by Gasteiger charge is 2.07. The van der Waals surface area contributed by atoms with E-state index < -0.39 is 0 Å². The van der Waals surface area contributed by atoms with Crippen LogP contribution >= 0.6 is 0 Å². The van der Waals surface area contributed by atoms with Crippen LogP contribution in [0.1, 0.15) is 22.3 Å². The molecule has 0 heterocycles. The number of rotatable bonds is 3. The van der Waals surface area contributed by atoms with Crippen LogP contribution in [0.5, 0.6) is 0 Å². The third kappa shape index (κ3) is 3.32. The van der Waals surface area contributed by atoms with Crippen molar-refractivity contribution in [3.8, 4) is 0 Å². The van der Waals surface area contributed by atoms with Crippen LogP contribution in [-0.2, 0) is 0 Å². The van der Waals surface area contributed by atoms with Gasteiger partial charge in [0.05, 0.1) is 11.4 Å². The fraction of sp³-hybridized carbons (Fsp3) is 0.0952. The van der Waals surface area contributed by atoms with Gasteiger partial charge in [-0.15, -0.1) is 0 Å². The molecule has 0 saturated heterocycles. The molecular formula is C21H19N. The van der Waals surface area contributed by atoms with E-state index in [-0.39, 0.29) is 0 Å². The minimum Gasteiger partial charge on any atom is -0.248 e. The molecule has 0 radical (unpaired) electrons. The molecule has 22 heavy (non-hydrogen) atoms. The maximum atomic E-state index is 4.89. The Hall–Kier alpha value is -2.67. The van der Waals surface area contributed by atoms with Crippen molar-refractivity contribution in [3.05, 3.63) is 101 Å². The molecular weight excluding hydrogens is 266 g/mol. The highest BCUT2D eigenvalue weighted by molar-refractivity contribution is 6.13. The zero-order valence-electron chi connectivity index (χ0n) is 13.0. The van der Waals surface area contributed by atoms with Gasteiger partial charge in [-0.1, -0.05) is 77.9 Å². The SMILES string of the molecule is Cc1ccc(N=C(c2ccccc2)c2ccc(C)cc2)cc1. The Morgan fingerprint density at radius 1 is 0.591 bits per heavy atom. The molecule has 0 atom stereocenters. The monoisotopic (exact) mass is 285 g/mol. The minimum absolute atomic E-state index is 0.977. The lowest BCUT2D eigenvalue weighted by Gasteiger charge is -2.08. The number of aliphatic imine (C=N–C) groups is 1. The third-order valence-electron chi connectivity index (χ3n) is 3.65. The lowest BCUT2D eigenvalue weighted by molar-refractivity contribution is 1.41. The Kier molecular flexibility index (Phi) is 4.15. The lowest BCUT2D eigenvalue weighted by atomic mass is 10.0. The fourth-order valence-electron chi connectivity index (χ4n) is 2.35. The minimum atomic E-state index is 0.977. The maximum Gasteiger partial charge on any atom is 0.0781 e. The highest BCUT2D eigenvalue weighted by Crippen LogP contribution is 2.19. The van der Waals surface area contributed by atoms with Gasteiger partial charge in [0.2, 0.25) is 0 Å². The first-order valence-electron chi connectivity index (χ1n) is 7.50. The first-order chi connectivity index (χ1) is 10.7. The molecule has 0 saturated carbocycles. The van der Waals surface area contributed by atoms with E-state index in [0.717, 1.165) is 22.5 Å². The number of aryl methyl sites for hydroxylation is 2. The smallest absolute Gasteiger partial charge is 0.0781 e. The Bertz CT molecular complexity index is 766. The van der Waals surface area contributed by atoms with Gasteiger partial charge in [0.25, 0.3) is 0 Å². The number of benzene rings is 3. The Balaban J connectivity index is 2.10. The summed E-state index contributed by atoms with van der Waals surface area (Å²) in [7, 11) is 0. The van der Waals surface area contributed by atoms with Crippen LogP contribution in [0.2, 0.25) is 0 Å². The standard InChI is InChI=1S/C21H19N/c1-16-8-12-19(13-9-16)21(18-6-4-3-5-7-18)22-20-14-10-17(2)11-15-20/h3-15H,1-2H3. The van der Waals surface area contributed by atoms with Crippen molar-refractivity contribution in [2.24, 2.45) is 4.99 Å². The van der Waals surface area contributed by atoms with E-state index in [4.69, 9.17) is 4.99 Å². The van der Waals surface area contributed by atoms with Gasteiger partial charge in [-0.2, -0.15) is 0 Å². The van der Waals surface area contributed by atoms with Crippen molar-refractivity contribution < 1.29 is 0 Å². The van der Waals surface area contributed by atoms with Crippen LogP contribution in [0.25, 0.3) is 0 Å². The van der Waals surface area contributed by atoms with Crippen LogP contribution < -0.4 is 0 Å². The van der Waals surface area contributed by atoms with Crippen molar-refractivity contribution in [1.82, 2.24) is 0 Å². The summed E-state index contributed by atoms with van der Waals surface area (Å²) in [6, 6.07) is 27.2. The first-order valence-corrected chi connectivity index (χ1v) is 7.50. The molecule has 0 aliphatic rings. The molecule has 0 aliphatic carbocycles. The van der Waals surface area contributed by atoms with E-state index in [1.54, 1.807) is 0 Å². The summed E-state index contributed by atoms with van der Waals surface area (Å²) in [5.74, 6) is 0. The second kappa shape index (κ2) is 6.40. The summed E-state index contributed by atoms with van der Waals surface area (Å²) < 4.78 is 0. The molecule has 0 aromatic heterocycles. The molecule has 0 N–H and O–H groups in total. The van der Waals surface area contributed by atoms with Crippen LogP contribution in [0, 0.1) is 13.8 Å². The zero-order valence-corrected chi connectivity index (χ0v) is 13.0. The average molecular weight is 285 g/mol. The van der Waals surface area contributed by atoms with Crippen molar-refractivity contribution in [1.29, 1.82) is 0 Å². The fourth-order valence-corrected chi connectivity index (χ4v) is 2.35. The molecule has 0 spiro atoms. The first kappa shape index (κ1) is 14.3. The zero-order chi connectivity index (χ0) is 15.4.